The molecular formula is C28H31ClF2N10O. The van der Waals surface area contributed by atoms with Crippen LogP contribution in [-0.2, 0) is 0 Å². The highest BCUT2D eigenvalue weighted by atomic mass is 35.5. The zero-order chi connectivity index (χ0) is 30.3. The first kappa shape index (κ1) is 33.3. The number of fused-ring (bicyclic) bond motifs is 1. The molecular weight excluding hydrogens is 566 g/mol. The van der Waals surface area contributed by atoms with Crippen LogP contribution in [0.5, 0.6) is 0 Å². The first-order valence-electron chi connectivity index (χ1n) is 12.1. The Balaban J connectivity index is 0.000000272. The van der Waals surface area contributed by atoms with E-state index in [1.165, 1.54) is 6.07 Å². The molecule has 5 aromatic rings. The zero-order valence-electron chi connectivity index (χ0n) is 23.3. The summed E-state index contributed by atoms with van der Waals surface area (Å²) in [6, 6.07) is 15.6. The van der Waals surface area contributed by atoms with Gasteiger partial charge in [0.15, 0.2) is 28.9 Å². The molecule has 5 rings (SSSR count). The van der Waals surface area contributed by atoms with E-state index in [2.05, 4.69) is 42.5 Å². The standard InChI is InChI=1S/C14H11ClFN3.C14H14FN5.H4N2.H2O/c1-8-4-3-5-12(9(8)2)18-14-11(16)6-10(7-17)13(15)19-14;1-7-4-3-5-11(8(7)2)17-14-10(15)6-9-12(16)19-20-13(9)18-14;1-2;/h3-6H,1-2H3,(H,18,19);3-6H,1-2H3,(H4,16,17,18,19,20);1-2H2;1H2. The number of nitriles is 1. The van der Waals surface area contributed by atoms with Gasteiger partial charge in [-0.05, 0) is 74.2 Å². The minimum atomic E-state index is -0.609. The number of hydrazine groups is 1. The van der Waals surface area contributed by atoms with Gasteiger partial charge < -0.3 is 21.8 Å². The number of halogens is 3. The number of nitrogens with two attached hydrogens (primary N) is 3. The van der Waals surface area contributed by atoms with Gasteiger partial charge in [-0.1, -0.05) is 35.9 Å². The van der Waals surface area contributed by atoms with Gasteiger partial charge in [-0.25, -0.2) is 18.7 Å². The molecule has 11 N–H and O–H groups in total. The maximum absolute atomic E-state index is 14.1. The first-order valence-corrected chi connectivity index (χ1v) is 12.5. The Kier molecular flexibility index (Phi) is 11.6. The van der Waals surface area contributed by atoms with Gasteiger partial charge in [-0.2, -0.15) is 10.4 Å². The first-order chi connectivity index (χ1) is 19.6. The predicted octanol–water partition coefficient (Wildman–Crippen LogP) is 5.14. The summed E-state index contributed by atoms with van der Waals surface area (Å²) >= 11 is 5.80. The van der Waals surface area contributed by atoms with Gasteiger partial charge in [0.2, 0.25) is 0 Å². The van der Waals surface area contributed by atoms with E-state index in [0.717, 1.165) is 39.7 Å². The zero-order valence-corrected chi connectivity index (χ0v) is 24.0. The number of nitrogens with zero attached hydrogens (tertiary/aromatic N) is 4. The van der Waals surface area contributed by atoms with Crippen molar-refractivity contribution in [2.45, 2.75) is 27.7 Å². The van der Waals surface area contributed by atoms with E-state index in [9.17, 15) is 8.78 Å². The molecule has 0 amide bonds. The minimum absolute atomic E-state index is 0. The van der Waals surface area contributed by atoms with Crippen LogP contribution < -0.4 is 28.1 Å². The monoisotopic (exact) mass is 596 g/mol. The van der Waals surface area contributed by atoms with E-state index < -0.39 is 11.6 Å². The summed E-state index contributed by atoms with van der Waals surface area (Å²) in [4.78, 5) is 8.02. The van der Waals surface area contributed by atoms with Crippen LogP contribution in [-0.4, -0.2) is 25.6 Å². The predicted molar refractivity (Wildman–Crippen MR) is 163 cm³/mol. The highest BCUT2D eigenvalue weighted by Crippen LogP contribution is 2.27. The van der Waals surface area contributed by atoms with E-state index in [1.54, 1.807) is 6.07 Å². The van der Waals surface area contributed by atoms with Crippen molar-refractivity contribution in [1.82, 2.24) is 20.2 Å². The van der Waals surface area contributed by atoms with E-state index in [1.807, 2.05) is 64.1 Å². The molecule has 42 heavy (non-hydrogen) atoms. The maximum atomic E-state index is 14.1. The fraction of sp³-hybridized carbons (Fsp3) is 0.143. The molecule has 220 valence electrons. The van der Waals surface area contributed by atoms with Crippen molar-refractivity contribution in [1.29, 1.82) is 5.26 Å². The molecule has 0 saturated heterocycles. The van der Waals surface area contributed by atoms with Crippen LogP contribution in [0.4, 0.5) is 37.6 Å². The van der Waals surface area contributed by atoms with Gasteiger partial charge in [0, 0.05) is 11.4 Å². The summed E-state index contributed by atoms with van der Waals surface area (Å²) in [6.45, 7) is 7.87. The maximum Gasteiger partial charge on any atom is 0.185 e. The number of rotatable bonds is 4. The smallest absolute Gasteiger partial charge is 0.185 e. The fourth-order valence-electron chi connectivity index (χ4n) is 3.68. The number of pyridine rings is 2. The van der Waals surface area contributed by atoms with Crippen molar-refractivity contribution in [3.05, 3.63) is 93.1 Å². The Morgan fingerprint density at radius 2 is 1.36 bits per heavy atom. The Morgan fingerprint density at radius 3 is 1.88 bits per heavy atom. The van der Waals surface area contributed by atoms with Gasteiger partial charge in [-0.15, -0.1) is 0 Å². The van der Waals surface area contributed by atoms with E-state index >= 15 is 0 Å². The SMILES string of the molecule is Cc1cccc(Nc2nc(Cl)c(C#N)cc2F)c1C.Cc1cccc(Nc2nc3n[nH]c(N)c3cc2F)c1C.NN.O. The molecule has 2 aromatic carbocycles. The number of nitrogen functional groups attached to an aromatic ring is 1. The third-order valence-electron chi connectivity index (χ3n) is 6.29. The Morgan fingerprint density at radius 1 is 0.857 bits per heavy atom. The number of hydrogen-bond donors (Lipinski definition) is 6. The normalized spacial score (nSPS) is 9.90. The van der Waals surface area contributed by atoms with Crippen LogP contribution in [0.1, 0.15) is 27.8 Å². The van der Waals surface area contributed by atoms with Gasteiger partial charge in [0.05, 0.1) is 10.9 Å². The van der Waals surface area contributed by atoms with Crippen LogP contribution >= 0.6 is 11.6 Å². The molecule has 0 aliphatic carbocycles. The number of H-pyrrole nitrogens is 1. The second-order valence-corrected chi connectivity index (χ2v) is 9.20. The van der Waals surface area contributed by atoms with Crippen LogP contribution in [0.3, 0.4) is 0 Å². The van der Waals surface area contributed by atoms with Crippen molar-refractivity contribution in [3.8, 4) is 6.07 Å². The molecule has 0 unspecified atom stereocenters. The van der Waals surface area contributed by atoms with Crippen molar-refractivity contribution < 1.29 is 14.3 Å². The minimum Gasteiger partial charge on any atom is -0.412 e. The number of anilines is 5. The molecule has 0 atom stereocenters. The third-order valence-corrected chi connectivity index (χ3v) is 6.58. The molecule has 3 heterocycles. The molecule has 0 aliphatic heterocycles. The molecule has 14 heteroatoms. The molecule has 0 saturated carbocycles. The van der Waals surface area contributed by atoms with Crippen molar-refractivity contribution in [3.63, 3.8) is 0 Å². The average Bonchev–Trinajstić information content (AvgIpc) is 3.31. The summed E-state index contributed by atoms with van der Waals surface area (Å²) in [6.07, 6.45) is 0. The summed E-state index contributed by atoms with van der Waals surface area (Å²) in [7, 11) is 0. The lowest BCUT2D eigenvalue weighted by Gasteiger charge is -2.11. The van der Waals surface area contributed by atoms with Crippen LogP contribution in [0.2, 0.25) is 5.15 Å². The van der Waals surface area contributed by atoms with Crippen LogP contribution in [0.25, 0.3) is 11.0 Å². The topological polar surface area (TPSA) is 212 Å². The largest absolute Gasteiger partial charge is 0.412 e. The Labute approximate surface area is 246 Å². The quantitative estimate of drug-likeness (QED) is 0.0919. The highest BCUT2D eigenvalue weighted by molar-refractivity contribution is 6.30. The molecule has 3 aromatic heterocycles. The van der Waals surface area contributed by atoms with E-state index in [-0.39, 0.29) is 27.8 Å². The highest BCUT2D eigenvalue weighted by Gasteiger charge is 2.13. The molecule has 0 aliphatic rings. The lowest BCUT2D eigenvalue weighted by Crippen LogP contribution is -2.02. The summed E-state index contributed by atoms with van der Waals surface area (Å²) < 4.78 is 27.9. The van der Waals surface area contributed by atoms with Gasteiger partial charge in [0.1, 0.15) is 17.0 Å². The second kappa shape index (κ2) is 14.7. The van der Waals surface area contributed by atoms with Crippen LogP contribution in [0, 0.1) is 50.7 Å². The molecule has 11 nitrogen and oxygen atoms in total. The lowest BCUT2D eigenvalue weighted by atomic mass is 10.1. The second-order valence-electron chi connectivity index (χ2n) is 8.84. The van der Waals surface area contributed by atoms with Gasteiger partial charge in [-0.3, -0.25) is 16.8 Å². The molecule has 0 fully saturated rings. The van der Waals surface area contributed by atoms with Crippen LogP contribution in [0.15, 0.2) is 48.5 Å². The fourth-order valence-corrected chi connectivity index (χ4v) is 3.87. The number of aryl methyl sites for hydroxylation is 2. The van der Waals surface area contributed by atoms with Crippen molar-refractivity contribution >= 4 is 51.5 Å². The number of aromatic amines is 1. The Hall–Kier alpha value is -4.87. The average molecular weight is 597 g/mol. The van der Waals surface area contributed by atoms with Crippen molar-refractivity contribution in [2.24, 2.45) is 11.7 Å². The lowest BCUT2D eigenvalue weighted by molar-refractivity contribution is 0.626. The molecule has 0 spiro atoms. The van der Waals surface area contributed by atoms with E-state index in [0.29, 0.717) is 16.9 Å². The molecule has 0 radical (unpaired) electrons. The summed E-state index contributed by atoms with van der Waals surface area (Å²) in [5.41, 5.74) is 11.9. The number of nitrogens with one attached hydrogen (secondary N) is 3. The summed E-state index contributed by atoms with van der Waals surface area (Å²) in [5, 5.41) is 21.6. The number of hydrogen-bond acceptors (Lipinski definition) is 9. The Bertz CT molecular complexity index is 1740. The van der Waals surface area contributed by atoms with E-state index in [4.69, 9.17) is 22.6 Å². The van der Waals surface area contributed by atoms with Crippen molar-refractivity contribution in [2.75, 3.05) is 16.4 Å². The van der Waals surface area contributed by atoms with Gasteiger partial charge >= 0.3 is 0 Å². The summed E-state index contributed by atoms with van der Waals surface area (Å²) in [5.74, 6) is 7.38. The number of benzene rings is 2. The number of aromatic nitrogens is 4. The van der Waals surface area contributed by atoms with Gasteiger partial charge in [0.25, 0.3) is 0 Å². The third kappa shape index (κ3) is 7.45. The molecule has 0 bridgehead atoms.